The summed E-state index contributed by atoms with van der Waals surface area (Å²) in [6, 6.07) is 31.0. The van der Waals surface area contributed by atoms with Gasteiger partial charge in [-0.15, -0.1) is 0 Å². The fraction of sp³-hybridized carbons (Fsp3) is 0.314. The van der Waals surface area contributed by atoms with E-state index in [0.29, 0.717) is 25.2 Å². The van der Waals surface area contributed by atoms with Gasteiger partial charge < -0.3 is 35.4 Å². The van der Waals surface area contributed by atoms with Crippen LogP contribution in [0.5, 0.6) is 5.75 Å². The highest BCUT2D eigenvalue weighted by molar-refractivity contribution is 5.67. The molecule has 1 aliphatic heterocycles. The molecule has 42 heavy (non-hydrogen) atoms. The molecule has 4 aromatic carbocycles. The number of nitrogens with two attached hydrogens (primary N) is 1. The number of hydrogen-bond acceptors (Lipinski definition) is 7. The lowest BCUT2D eigenvalue weighted by Crippen LogP contribution is -2.44. The molecule has 5 unspecified atom stereocenters. The van der Waals surface area contributed by atoms with Crippen molar-refractivity contribution in [2.75, 3.05) is 20.1 Å². The van der Waals surface area contributed by atoms with Crippen molar-refractivity contribution in [1.82, 2.24) is 4.90 Å². The first-order valence-corrected chi connectivity index (χ1v) is 14.4. The quantitative estimate of drug-likeness (QED) is 0.201. The third-order valence-electron chi connectivity index (χ3n) is 8.09. The fourth-order valence-electron chi connectivity index (χ4n) is 5.64. The van der Waals surface area contributed by atoms with Gasteiger partial charge in [0.25, 0.3) is 0 Å². The Morgan fingerprint density at radius 1 is 0.881 bits per heavy atom. The van der Waals surface area contributed by atoms with Crippen LogP contribution >= 0.6 is 0 Å². The van der Waals surface area contributed by atoms with Gasteiger partial charge in [0.15, 0.2) is 6.29 Å². The molecule has 1 fully saturated rings. The molecule has 5 N–H and O–H groups in total. The summed E-state index contributed by atoms with van der Waals surface area (Å²) in [5, 5.41) is 30.2. The van der Waals surface area contributed by atoms with E-state index in [4.69, 9.17) is 15.2 Å². The molecule has 0 saturated carbocycles. The Labute approximate surface area is 247 Å². The second-order valence-corrected chi connectivity index (χ2v) is 11.1. The highest BCUT2D eigenvalue weighted by Gasteiger charge is 2.39. The number of benzene rings is 4. The molecule has 7 nitrogen and oxygen atoms in total. The zero-order chi connectivity index (χ0) is 29.6. The molecule has 1 aliphatic rings. The molecular weight excluding hydrogens is 528 g/mol. The molecule has 0 radical (unpaired) electrons. The number of hydrogen-bond donors (Lipinski definition) is 4. The van der Waals surface area contributed by atoms with Crippen LogP contribution < -0.4 is 5.73 Å². The first-order chi connectivity index (χ1) is 20.4. The Balaban J connectivity index is 1.37. The van der Waals surface area contributed by atoms with E-state index in [2.05, 4.69) is 30.0 Å². The Bertz CT molecular complexity index is 1440. The predicted molar refractivity (Wildman–Crippen MR) is 163 cm³/mol. The minimum absolute atomic E-state index is 0.0114. The maximum absolute atomic E-state index is 10.8. The Morgan fingerprint density at radius 3 is 2.29 bits per heavy atom. The Kier molecular flexibility index (Phi) is 9.69. The summed E-state index contributed by atoms with van der Waals surface area (Å²) in [6.45, 7) is 3.53. The molecule has 0 bridgehead atoms. The first kappa shape index (κ1) is 29.9. The van der Waals surface area contributed by atoms with Crippen molar-refractivity contribution in [2.24, 2.45) is 11.7 Å². The largest absolute Gasteiger partial charge is 0.508 e. The molecule has 0 aromatic heterocycles. The number of aliphatic hydroxyl groups excluding tert-OH is 2. The van der Waals surface area contributed by atoms with Gasteiger partial charge in [-0.3, -0.25) is 0 Å². The number of nitrogens with zero attached hydrogens (tertiary/aromatic N) is 1. The summed E-state index contributed by atoms with van der Waals surface area (Å²) >= 11 is 0. The normalized spacial score (nSPS) is 21.4. The minimum atomic E-state index is -0.751. The van der Waals surface area contributed by atoms with E-state index in [9.17, 15) is 15.3 Å². The van der Waals surface area contributed by atoms with E-state index in [1.807, 2.05) is 67.7 Å². The second kappa shape index (κ2) is 13.6. The number of phenolic OH excluding ortho intramolecular Hbond substituents is 1. The van der Waals surface area contributed by atoms with Crippen molar-refractivity contribution in [2.45, 2.75) is 44.7 Å². The van der Waals surface area contributed by atoms with Crippen molar-refractivity contribution in [3.05, 3.63) is 125 Å². The molecule has 0 amide bonds. The van der Waals surface area contributed by atoms with Crippen molar-refractivity contribution in [3.8, 4) is 16.9 Å². The fourth-order valence-corrected chi connectivity index (χ4v) is 5.64. The average molecular weight is 569 g/mol. The van der Waals surface area contributed by atoms with Gasteiger partial charge >= 0.3 is 0 Å². The van der Waals surface area contributed by atoms with E-state index in [1.54, 1.807) is 18.2 Å². The predicted octanol–water partition coefficient (Wildman–Crippen LogP) is 5.47. The topological polar surface area (TPSA) is 108 Å². The smallest absolute Gasteiger partial charge is 0.184 e. The maximum atomic E-state index is 10.8. The summed E-state index contributed by atoms with van der Waals surface area (Å²) in [7, 11) is 1.96. The first-order valence-electron chi connectivity index (χ1n) is 14.4. The minimum Gasteiger partial charge on any atom is -0.508 e. The van der Waals surface area contributed by atoms with Crippen LogP contribution in [0.3, 0.4) is 0 Å². The second-order valence-electron chi connectivity index (χ2n) is 11.1. The summed E-state index contributed by atoms with van der Waals surface area (Å²) < 4.78 is 13.2. The van der Waals surface area contributed by atoms with Gasteiger partial charge in [0.2, 0.25) is 0 Å². The van der Waals surface area contributed by atoms with Crippen molar-refractivity contribution in [1.29, 1.82) is 0 Å². The number of phenols is 1. The molecule has 5 rings (SSSR count). The monoisotopic (exact) mass is 568 g/mol. The molecule has 0 aliphatic carbocycles. The van der Waals surface area contributed by atoms with Crippen LogP contribution in [0, 0.1) is 5.92 Å². The van der Waals surface area contributed by atoms with Gasteiger partial charge in [-0.2, -0.15) is 0 Å². The lowest BCUT2D eigenvalue weighted by molar-refractivity contribution is -0.276. The van der Waals surface area contributed by atoms with Crippen LogP contribution in [0.2, 0.25) is 0 Å². The Hall–Kier alpha value is -3.56. The highest BCUT2D eigenvalue weighted by atomic mass is 16.7. The van der Waals surface area contributed by atoms with Crippen LogP contribution in [-0.4, -0.2) is 46.5 Å². The number of rotatable bonds is 10. The highest BCUT2D eigenvalue weighted by Crippen LogP contribution is 2.42. The third kappa shape index (κ3) is 6.90. The van der Waals surface area contributed by atoms with Crippen molar-refractivity contribution < 1.29 is 24.8 Å². The number of likely N-dealkylation sites (N-methyl/N-ethyl adjacent to an activating group) is 1. The van der Waals surface area contributed by atoms with Crippen molar-refractivity contribution >= 4 is 0 Å². The maximum Gasteiger partial charge on any atom is 0.184 e. The van der Waals surface area contributed by atoms with E-state index >= 15 is 0 Å². The summed E-state index contributed by atoms with van der Waals surface area (Å²) in [4.78, 5) is 2.05. The van der Waals surface area contributed by atoms with Crippen LogP contribution in [-0.2, 0) is 22.6 Å². The standard InChI is InChI=1S/C35H40N2O5/c1-23-33(21-37(2)20-32(40)28-7-5-8-30(39)18-28)41-35(42-34(23)26-12-10-24(22-38)11-13-26)27-16-14-25(15-17-27)31-9-4-3-6-29(31)19-36/h3-18,23,32-35,38-40H,19-22,36H2,1-2H3. The third-order valence-corrected chi connectivity index (χ3v) is 8.09. The van der Waals surface area contributed by atoms with Crippen molar-refractivity contribution in [3.63, 3.8) is 0 Å². The zero-order valence-electron chi connectivity index (χ0n) is 24.1. The molecule has 4 aromatic rings. The van der Waals surface area contributed by atoms with E-state index in [-0.39, 0.29) is 30.5 Å². The summed E-state index contributed by atoms with van der Waals surface area (Å²) in [5.74, 6) is 0.142. The number of ether oxygens (including phenoxy) is 2. The van der Waals surface area contributed by atoms with Gasteiger partial charge in [-0.1, -0.05) is 91.9 Å². The Morgan fingerprint density at radius 2 is 1.60 bits per heavy atom. The molecule has 1 heterocycles. The van der Waals surface area contributed by atoms with E-state index < -0.39 is 12.4 Å². The van der Waals surface area contributed by atoms with Gasteiger partial charge in [-0.05, 0) is 52.6 Å². The lowest BCUT2D eigenvalue weighted by Gasteiger charge is -2.42. The summed E-state index contributed by atoms with van der Waals surface area (Å²) in [5.41, 5.74) is 12.7. The summed E-state index contributed by atoms with van der Waals surface area (Å²) in [6.07, 6.45) is -1.76. The average Bonchev–Trinajstić information content (AvgIpc) is 3.02. The molecule has 5 atom stereocenters. The van der Waals surface area contributed by atoms with E-state index in [1.165, 1.54) is 0 Å². The van der Waals surface area contributed by atoms with Gasteiger partial charge in [0.05, 0.1) is 24.9 Å². The van der Waals surface area contributed by atoms with Crippen LogP contribution in [0.1, 0.15) is 53.2 Å². The molecule has 7 heteroatoms. The SMILES string of the molecule is CC1C(CN(C)CC(O)c2cccc(O)c2)OC(c2ccc(-c3ccccc3CN)cc2)OC1c1ccc(CO)cc1. The molecular formula is C35H40N2O5. The molecule has 1 saturated heterocycles. The van der Waals surface area contributed by atoms with E-state index in [0.717, 1.165) is 33.4 Å². The lowest BCUT2D eigenvalue weighted by atomic mass is 9.90. The van der Waals surface area contributed by atoms with Gasteiger partial charge in [0, 0.05) is 31.1 Å². The van der Waals surface area contributed by atoms with Crippen LogP contribution in [0.25, 0.3) is 11.1 Å². The number of aromatic hydroxyl groups is 1. The van der Waals surface area contributed by atoms with Crippen LogP contribution in [0.4, 0.5) is 0 Å². The van der Waals surface area contributed by atoms with Gasteiger partial charge in [-0.25, -0.2) is 0 Å². The van der Waals surface area contributed by atoms with Gasteiger partial charge in [0.1, 0.15) is 5.75 Å². The molecule has 0 spiro atoms. The van der Waals surface area contributed by atoms with Crippen LogP contribution in [0.15, 0.2) is 97.1 Å². The number of aliphatic hydroxyl groups is 2. The molecule has 220 valence electrons. The zero-order valence-corrected chi connectivity index (χ0v) is 24.1.